The van der Waals surface area contributed by atoms with Crippen LogP contribution in [0.1, 0.15) is 40.0 Å². The van der Waals surface area contributed by atoms with Crippen LogP contribution in [-0.2, 0) is 4.79 Å². The van der Waals surface area contributed by atoms with Crippen LogP contribution in [0.15, 0.2) is 0 Å². The van der Waals surface area contributed by atoms with E-state index < -0.39 is 0 Å². The van der Waals surface area contributed by atoms with E-state index in [-0.39, 0.29) is 0 Å². The van der Waals surface area contributed by atoms with Crippen LogP contribution >= 0.6 is 0 Å². The predicted octanol–water partition coefficient (Wildman–Crippen LogP) is 1.93. The highest BCUT2D eigenvalue weighted by atomic mass is 16.2. The van der Waals surface area contributed by atoms with E-state index in [1.54, 1.807) is 0 Å². The van der Waals surface area contributed by atoms with Gasteiger partial charge in [0.1, 0.15) is 0 Å². The van der Waals surface area contributed by atoms with Gasteiger partial charge in [-0.05, 0) is 31.6 Å². The SMILES string of the molecule is C[C](C)CN1CCN(C(=O)CC2CC2)[C@H](C)C1. The summed E-state index contributed by atoms with van der Waals surface area (Å²) >= 11 is 0. The second-order valence-electron chi connectivity index (χ2n) is 6.03. The van der Waals surface area contributed by atoms with Crippen molar-refractivity contribution >= 4 is 5.91 Å². The Balaban J connectivity index is 1.80. The number of carbonyl (C=O) groups is 1. The molecule has 1 aliphatic heterocycles. The van der Waals surface area contributed by atoms with Gasteiger partial charge in [0.15, 0.2) is 0 Å². The van der Waals surface area contributed by atoms with Crippen molar-refractivity contribution in [2.24, 2.45) is 5.92 Å². The number of amides is 1. The fourth-order valence-corrected chi connectivity index (χ4v) is 2.68. The summed E-state index contributed by atoms with van der Waals surface area (Å²) in [5.41, 5.74) is 0. The molecule has 1 aliphatic carbocycles. The van der Waals surface area contributed by atoms with E-state index in [1.165, 1.54) is 18.8 Å². The average molecular weight is 237 g/mol. The Kier molecular flexibility index (Phi) is 4.08. The average Bonchev–Trinajstić information content (AvgIpc) is 3.00. The summed E-state index contributed by atoms with van der Waals surface area (Å²) in [7, 11) is 0. The second-order valence-corrected chi connectivity index (χ2v) is 6.03. The van der Waals surface area contributed by atoms with Gasteiger partial charge in [-0.2, -0.15) is 0 Å². The maximum absolute atomic E-state index is 12.1. The third-order valence-corrected chi connectivity index (χ3v) is 3.73. The molecular weight excluding hydrogens is 212 g/mol. The molecule has 0 aromatic heterocycles. The Morgan fingerprint density at radius 2 is 1.94 bits per heavy atom. The van der Waals surface area contributed by atoms with Gasteiger partial charge in [-0.15, -0.1) is 0 Å². The summed E-state index contributed by atoms with van der Waals surface area (Å²) in [4.78, 5) is 16.6. The quantitative estimate of drug-likeness (QED) is 0.746. The van der Waals surface area contributed by atoms with Gasteiger partial charge in [0.25, 0.3) is 0 Å². The van der Waals surface area contributed by atoms with Crippen molar-refractivity contribution in [2.45, 2.75) is 46.1 Å². The lowest BCUT2D eigenvalue weighted by atomic mass is 10.1. The predicted molar refractivity (Wildman–Crippen MR) is 69.5 cm³/mol. The lowest BCUT2D eigenvalue weighted by Crippen LogP contribution is -2.54. The summed E-state index contributed by atoms with van der Waals surface area (Å²) in [6, 6.07) is 0.384. The van der Waals surface area contributed by atoms with Crippen LogP contribution < -0.4 is 0 Å². The molecule has 0 aromatic rings. The molecule has 1 saturated heterocycles. The van der Waals surface area contributed by atoms with E-state index >= 15 is 0 Å². The maximum Gasteiger partial charge on any atom is 0.223 e. The minimum Gasteiger partial charge on any atom is -0.337 e. The van der Waals surface area contributed by atoms with E-state index in [0.29, 0.717) is 17.9 Å². The molecule has 17 heavy (non-hydrogen) atoms. The summed E-state index contributed by atoms with van der Waals surface area (Å²) in [5.74, 6) is 2.55. The van der Waals surface area contributed by atoms with Gasteiger partial charge in [-0.25, -0.2) is 0 Å². The highest BCUT2D eigenvalue weighted by Crippen LogP contribution is 2.33. The Morgan fingerprint density at radius 1 is 1.24 bits per heavy atom. The third-order valence-electron chi connectivity index (χ3n) is 3.73. The van der Waals surface area contributed by atoms with Crippen molar-refractivity contribution in [3.63, 3.8) is 0 Å². The largest absolute Gasteiger partial charge is 0.337 e. The third kappa shape index (κ3) is 3.70. The van der Waals surface area contributed by atoms with Gasteiger partial charge in [0.2, 0.25) is 5.91 Å². The molecule has 1 amide bonds. The molecule has 0 unspecified atom stereocenters. The topological polar surface area (TPSA) is 23.6 Å². The van der Waals surface area contributed by atoms with Crippen LogP contribution in [0.2, 0.25) is 0 Å². The van der Waals surface area contributed by atoms with Gasteiger partial charge in [-0.3, -0.25) is 9.69 Å². The summed E-state index contributed by atoms with van der Waals surface area (Å²) in [5, 5.41) is 0. The molecule has 2 fully saturated rings. The van der Waals surface area contributed by atoms with Crippen LogP contribution in [-0.4, -0.2) is 47.9 Å². The smallest absolute Gasteiger partial charge is 0.223 e. The Bertz CT molecular complexity index is 273. The number of piperazine rings is 1. The van der Waals surface area contributed by atoms with Crippen LogP contribution in [0.4, 0.5) is 0 Å². The molecular formula is C14H25N2O. The molecule has 1 atom stereocenters. The Hall–Kier alpha value is -0.570. The second kappa shape index (κ2) is 5.38. The highest BCUT2D eigenvalue weighted by Gasteiger charge is 2.31. The van der Waals surface area contributed by atoms with Crippen LogP contribution in [0.3, 0.4) is 0 Å². The van der Waals surface area contributed by atoms with Crippen molar-refractivity contribution in [2.75, 3.05) is 26.2 Å². The minimum atomic E-state index is 0.384. The zero-order valence-corrected chi connectivity index (χ0v) is 11.4. The standard InChI is InChI=1S/C14H25N2O/c1-11(2)9-15-6-7-16(12(3)10-15)14(17)8-13-4-5-13/h12-13H,4-10H2,1-3H3/t12-/m1/s1. The minimum absolute atomic E-state index is 0.384. The molecule has 1 heterocycles. The normalized spacial score (nSPS) is 26.6. The molecule has 2 aliphatic rings. The summed E-state index contributed by atoms with van der Waals surface area (Å²) in [6.45, 7) is 10.6. The summed E-state index contributed by atoms with van der Waals surface area (Å²) < 4.78 is 0. The molecule has 1 radical (unpaired) electrons. The molecule has 1 saturated carbocycles. The molecule has 2 rings (SSSR count). The van der Waals surface area contributed by atoms with E-state index in [9.17, 15) is 4.79 Å². The molecule has 3 heteroatoms. The lowest BCUT2D eigenvalue weighted by Gasteiger charge is -2.40. The van der Waals surface area contributed by atoms with E-state index in [2.05, 4.69) is 30.6 Å². The van der Waals surface area contributed by atoms with E-state index in [4.69, 9.17) is 0 Å². The highest BCUT2D eigenvalue weighted by molar-refractivity contribution is 5.77. The molecule has 0 spiro atoms. The molecule has 97 valence electrons. The first kappa shape index (κ1) is 12.9. The van der Waals surface area contributed by atoms with Crippen LogP contribution in [0, 0.1) is 11.8 Å². The lowest BCUT2D eigenvalue weighted by molar-refractivity contribution is -0.136. The van der Waals surface area contributed by atoms with Gasteiger partial charge >= 0.3 is 0 Å². The van der Waals surface area contributed by atoms with Gasteiger partial charge in [-0.1, -0.05) is 13.8 Å². The Morgan fingerprint density at radius 3 is 2.47 bits per heavy atom. The fraction of sp³-hybridized carbons (Fsp3) is 0.857. The first-order chi connectivity index (χ1) is 8.06. The molecule has 0 aromatic carbocycles. The number of nitrogens with zero attached hydrogens (tertiary/aromatic N) is 2. The van der Waals surface area contributed by atoms with Crippen LogP contribution in [0.5, 0.6) is 0 Å². The first-order valence-electron chi connectivity index (χ1n) is 6.87. The zero-order chi connectivity index (χ0) is 12.4. The van der Waals surface area contributed by atoms with E-state index in [0.717, 1.165) is 32.6 Å². The molecule has 0 bridgehead atoms. The number of hydrogen-bond donors (Lipinski definition) is 0. The number of hydrogen-bond acceptors (Lipinski definition) is 2. The number of carbonyl (C=O) groups excluding carboxylic acids is 1. The Labute approximate surface area is 105 Å². The fourth-order valence-electron chi connectivity index (χ4n) is 2.68. The van der Waals surface area contributed by atoms with Gasteiger partial charge in [0.05, 0.1) is 0 Å². The van der Waals surface area contributed by atoms with Crippen LogP contribution in [0.25, 0.3) is 0 Å². The van der Waals surface area contributed by atoms with Crippen molar-refractivity contribution in [1.29, 1.82) is 0 Å². The molecule has 0 N–H and O–H groups in total. The molecule has 3 nitrogen and oxygen atoms in total. The first-order valence-corrected chi connectivity index (χ1v) is 6.87. The van der Waals surface area contributed by atoms with Crippen molar-refractivity contribution < 1.29 is 4.79 Å². The van der Waals surface area contributed by atoms with Crippen molar-refractivity contribution in [3.8, 4) is 0 Å². The van der Waals surface area contributed by atoms with Gasteiger partial charge in [0, 0.05) is 38.6 Å². The monoisotopic (exact) mass is 237 g/mol. The van der Waals surface area contributed by atoms with E-state index in [1.807, 2.05) is 0 Å². The van der Waals surface area contributed by atoms with Crippen molar-refractivity contribution in [1.82, 2.24) is 9.80 Å². The van der Waals surface area contributed by atoms with Gasteiger partial charge < -0.3 is 4.90 Å². The summed E-state index contributed by atoms with van der Waals surface area (Å²) in [6.07, 6.45) is 3.33. The zero-order valence-electron chi connectivity index (χ0n) is 11.4. The number of rotatable bonds is 4. The maximum atomic E-state index is 12.1. The van der Waals surface area contributed by atoms with Crippen molar-refractivity contribution in [3.05, 3.63) is 5.92 Å².